The molecule has 0 radical (unpaired) electrons. The number of hydrogen-bond donors (Lipinski definition) is 1. The molecule has 1 amide bonds. The van der Waals surface area contributed by atoms with Crippen LogP contribution in [0.4, 0.5) is 0 Å². The third-order valence-electron chi connectivity index (χ3n) is 2.92. The second-order valence-electron chi connectivity index (χ2n) is 4.29. The van der Waals surface area contributed by atoms with Crippen LogP contribution >= 0.6 is 11.8 Å². The van der Waals surface area contributed by atoms with Crippen LogP contribution in [0.2, 0.25) is 0 Å². The summed E-state index contributed by atoms with van der Waals surface area (Å²) in [5.41, 5.74) is 0. The van der Waals surface area contributed by atoms with Gasteiger partial charge in [-0.3, -0.25) is 9.79 Å². The molecule has 2 heterocycles. The Morgan fingerprint density at radius 3 is 2.81 bits per heavy atom. The Morgan fingerprint density at radius 2 is 2.19 bits per heavy atom. The zero-order valence-electron chi connectivity index (χ0n) is 9.74. The molecular weight excluding hydrogens is 222 g/mol. The Kier molecular flexibility index (Phi) is 4.09. The predicted octanol–water partition coefficient (Wildman–Crippen LogP) is 1.08. The number of carbonyl (C=O) groups is 1. The van der Waals surface area contributed by atoms with Gasteiger partial charge in [-0.15, -0.1) is 0 Å². The first-order valence-corrected chi connectivity index (χ1v) is 6.98. The van der Waals surface area contributed by atoms with Crippen LogP contribution in [-0.4, -0.2) is 47.4 Å². The number of amidine groups is 1. The van der Waals surface area contributed by atoms with E-state index in [1.54, 1.807) is 11.8 Å². The summed E-state index contributed by atoms with van der Waals surface area (Å²) in [5, 5.41) is 4.15. The maximum absolute atomic E-state index is 12.0. The van der Waals surface area contributed by atoms with E-state index in [4.69, 9.17) is 0 Å². The van der Waals surface area contributed by atoms with Gasteiger partial charge in [-0.1, -0.05) is 11.8 Å². The van der Waals surface area contributed by atoms with Gasteiger partial charge in [0.15, 0.2) is 5.17 Å². The number of hydrogen-bond acceptors (Lipinski definition) is 4. The molecule has 1 atom stereocenters. The van der Waals surface area contributed by atoms with Gasteiger partial charge in [-0.25, -0.2) is 0 Å². The van der Waals surface area contributed by atoms with Crippen LogP contribution in [0.3, 0.4) is 0 Å². The lowest BCUT2D eigenvalue weighted by Crippen LogP contribution is -2.45. The fraction of sp³-hybridized carbons (Fsp3) is 0.818. The van der Waals surface area contributed by atoms with E-state index < -0.39 is 0 Å². The molecule has 16 heavy (non-hydrogen) atoms. The number of aliphatic imine (C=N–C) groups is 1. The van der Waals surface area contributed by atoms with Crippen molar-refractivity contribution in [2.75, 3.05) is 25.4 Å². The lowest BCUT2D eigenvalue weighted by atomic mass is 10.3. The lowest BCUT2D eigenvalue weighted by Gasteiger charge is -2.23. The summed E-state index contributed by atoms with van der Waals surface area (Å²) >= 11 is 1.72. The molecule has 1 unspecified atom stereocenters. The standard InChI is InChI=1S/C11H19N3OS/c1-9(10(15)14-6-2-3-7-14)13-11-12-5-4-8-16-11/h9H,2-8H2,1H3,(H,12,13). The highest BCUT2D eigenvalue weighted by atomic mass is 32.2. The van der Waals surface area contributed by atoms with Gasteiger partial charge >= 0.3 is 0 Å². The number of rotatable bonds is 2. The van der Waals surface area contributed by atoms with Crippen LogP contribution in [0.15, 0.2) is 4.99 Å². The second-order valence-corrected chi connectivity index (χ2v) is 5.37. The highest BCUT2D eigenvalue weighted by Gasteiger charge is 2.24. The number of thioether (sulfide) groups is 1. The topological polar surface area (TPSA) is 44.7 Å². The average Bonchev–Trinajstić information content (AvgIpc) is 2.83. The van der Waals surface area contributed by atoms with E-state index in [1.165, 1.54) is 0 Å². The smallest absolute Gasteiger partial charge is 0.244 e. The summed E-state index contributed by atoms with van der Waals surface area (Å²) < 4.78 is 0. The van der Waals surface area contributed by atoms with Crippen LogP contribution in [0.1, 0.15) is 26.2 Å². The maximum Gasteiger partial charge on any atom is 0.244 e. The number of amides is 1. The largest absolute Gasteiger partial charge is 0.353 e. The Balaban J connectivity index is 1.84. The molecule has 0 aliphatic carbocycles. The molecule has 1 N–H and O–H groups in total. The van der Waals surface area contributed by atoms with Crippen molar-refractivity contribution in [2.24, 2.45) is 4.99 Å². The minimum absolute atomic E-state index is 0.137. The van der Waals surface area contributed by atoms with Gasteiger partial charge < -0.3 is 10.2 Å². The fourth-order valence-corrected chi connectivity index (χ4v) is 2.91. The predicted molar refractivity (Wildman–Crippen MR) is 67.8 cm³/mol. The molecule has 2 aliphatic rings. The van der Waals surface area contributed by atoms with E-state index in [9.17, 15) is 4.79 Å². The highest BCUT2D eigenvalue weighted by Crippen LogP contribution is 2.13. The van der Waals surface area contributed by atoms with Crippen LogP contribution in [0.25, 0.3) is 0 Å². The van der Waals surface area contributed by atoms with Gasteiger partial charge in [0, 0.05) is 25.4 Å². The third-order valence-corrected chi connectivity index (χ3v) is 3.94. The molecule has 0 spiro atoms. The van der Waals surface area contributed by atoms with E-state index >= 15 is 0 Å². The maximum atomic E-state index is 12.0. The molecule has 0 aromatic carbocycles. The molecule has 1 fully saturated rings. The molecule has 1 saturated heterocycles. The van der Waals surface area contributed by atoms with Crippen molar-refractivity contribution >= 4 is 22.8 Å². The normalized spacial score (nSPS) is 22.8. The summed E-state index contributed by atoms with van der Waals surface area (Å²) in [6, 6.07) is -0.137. The third kappa shape index (κ3) is 2.90. The van der Waals surface area contributed by atoms with Crippen molar-refractivity contribution in [2.45, 2.75) is 32.2 Å². The molecule has 0 aromatic rings. The molecule has 0 aromatic heterocycles. The van der Waals surface area contributed by atoms with Crippen molar-refractivity contribution in [3.8, 4) is 0 Å². The van der Waals surface area contributed by atoms with Gasteiger partial charge in [-0.05, 0) is 26.2 Å². The van der Waals surface area contributed by atoms with Gasteiger partial charge in [0.25, 0.3) is 0 Å². The Bertz CT molecular complexity index is 287. The first-order valence-electron chi connectivity index (χ1n) is 6.00. The summed E-state index contributed by atoms with van der Waals surface area (Å²) in [4.78, 5) is 18.3. The Hall–Kier alpha value is -0.710. The van der Waals surface area contributed by atoms with Crippen molar-refractivity contribution in [3.05, 3.63) is 0 Å². The molecule has 0 bridgehead atoms. The van der Waals surface area contributed by atoms with E-state index in [0.29, 0.717) is 0 Å². The van der Waals surface area contributed by atoms with Crippen LogP contribution in [0.5, 0.6) is 0 Å². The molecular formula is C11H19N3OS. The summed E-state index contributed by atoms with van der Waals surface area (Å²) in [6.45, 7) is 4.66. The van der Waals surface area contributed by atoms with Crippen molar-refractivity contribution in [1.82, 2.24) is 10.2 Å². The fourth-order valence-electron chi connectivity index (χ4n) is 2.01. The number of likely N-dealkylation sites (tertiary alicyclic amines) is 1. The zero-order valence-corrected chi connectivity index (χ0v) is 10.6. The molecule has 2 aliphatic heterocycles. The number of nitrogens with zero attached hydrogens (tertiary/aromatic N) is 2. The summed E-state index contributed by atoms with van der Waals surface area (Å²) in [6.07, 6.45) is 3.44. The Labute approximate surface area is 101 Å². The Morgan fingerprint density at radius 1 is 1.44 bits per heavy atom. The van der Waals surface area contributed by atoms with E-state index in [-0.39, 0.29) is 11.9 Å². The van der Waals surface area contributed by atoms with Crippen molar-refractivity contribution in [1.29, 1.82) is 0 Å². The molecule has 0 saturated carbocycles. The minimum atomic E-state index is -0.137. The van der Waals surface area contributed by atoms with Gasteiger partial charge in [0.05, 0.1) is 0 Å². The average molecular weight is 241 g/mol. The van der Waals surface area contributed by atoms with Crippen LogP contribution < -0.4 is 5.32 Å². The summed E-state index contributed by atoms with van der Waals surface area (Å²) in [5.74, 6) is 1.32. The molecule has 5 heteroatoms. The molecule has 2 rings (SSSR count). The summed E-state index contributed by atoms with van der Waals surface area (Å²) in [7, 11) is 0. The van der Waals surface area contributed by atoms with Gasteiger partial charge in [-0.2, -0.15) is 0 Å². The quantitative estimate of drug-likeness (QED) is 0.787. The number of nitrogens with one attached hydrogen (secondary N) is 1. The molecule has 90 valence electrons. The van der Waals surface area contributed by atoms with E-state index in [2.05, 4.69) is 10.3 Å². The molecule has 4 nitrogen and oxygen atoms in total. The van der Waals surface area contributed by atoms with Gasteiger partial charge in [0.1, 0.15) is 6.04 Å². The van der Waals surface area contributed by atoms with E-state index in [0.717, 1.165) is 49.8 Å². The number of carbonyl (C=O) groups excluding carboxylic acids is 1. The minimum Gasteiger partial charge on any atom is -0.353 e. The van der Waals surface area contributed by atoms with Crippen molar-refractivity contribution in [3.63, 3.8) is 0 Å². The first-order chi connectivity index (χ1) is 7.77. The monoisotopic (exact) mass is 241 g/mol. The first kappa shape index (κ1) is 11.8. The lowest BCUT2D eigenvalue weighted by molar-refractivity contribution is -0.131. The van der Waals surface area contributed by atoms with Crippen LogP contribution in [-0.2, 0) is 4.79 Å². The van der Waals surface area contributed by atoms with Gasteiger partial charge in [0.2, 0.25) is 5.91 Å². The zero-order chi connectivity index (χ0) is 11.4. The van der Waals surface area contributed by atoms with Crippen LogP contribution in [0, 0.1) is 0 Å². The highest BCUT2D eigenvalue weighted by molar-refractivity contribution is 8.13. The van der Waals surface area contributed by atoms with Crippen molar-refractivity contribution < 1.29 is 4.79 Å². The van der Waals surface area contributed by atoms with E-state index in [1.807, 2.05) is 11.8 Å². The second kappa shape index (κ2) is 5.57. The SMILES string of the molecule is CC(NC1=NCCCS1)C(=O)N1CCCC1.